The van der Waals surface area contributed by atoms with Crippen molar-refractivity contribution >= 4 is 38.0 Å². The number of rotatable bonds is 6. The van der Waals surface area contributed by atoms with Gasteiger partial charge < -0.3 is 0 Å². The van der Waals surface area contributed by atoms with Crippen LogP contribution in [0, 0.1) is 22.7 Å². The summed E-state index contributed by atoms with van der Waals surface area (Å²) in [7, 11) is 0. The van der Waals surface area contributed by atoms with Gasteiger partial charge in [-0.1, -0.05) is 140 Å². The molecule has 0 amide bonds. The molecular formula is C54H34N4. The first kappa shape index (κ1) is 34.6. The van der Waals surface area contributed by atoms with Crippen LogP contribution < -0.4 is 0 Å². The van der Waals surface area contributed by atoms with Gasteiger partial charge in [-0.05, 0) is 115 Å². The van der Waals surface area contributed by atoms with Crippen molar-refractivity contribution in [2.24, 2.45) is 0 Å². The van der Waals surface area contributed by atoms with Crippen molar-refractivity contribution in [1.82, 2.24) is 9.97 Å². The van der Waals surface area contributed by atoms with Crippen LogP contribution in [0.15, 0.2) is 188 Å². The van der Waals surface area contributed by atoms with Gasteiger partial charge in [0.05, 0.1) is 34.5 Å². The summed E-state index contributed by atoms with van der Waals surface area (Å²) in [6.07, 6.45) is 7.50. The Morgan fingerprint density at radius 1 is 0.466 bits per heavy atom. The van der Waals surface area contributed by atoms with Gasteiger partial charge in [0, 0.05) is 22.4 Å². The lowest BCUT2D eigenvalue weighted by Crippen LogP contribution is -2.06. The van der Waals surface area contributed by atoms with E-state index >= 15 is 0 Å². The Hall–Kier alpha value is -7.92. The summed E-state index contributed by atoms with van der Waals surface area (Å²) in [6.45, 7) is 0. The summed E-state index contributed by atoms with van der Waals surface area (Å²) >= 11 is 0. The molecule has 0 spiro atoms. The van der Waals surface area contributed by atoms with Crippen LogP contribution in [0.25, 0.3) is 82.8 Å². The largest absolute Gasteiger partial charge is 0.232 e. The first-order valence-electron chi connectivity index (χ1n) is 19.4. The molecule has 9 aromatic rings. The number of hydrogen-bond donors (Lipinski definition) is 0. The van der Waals surface area contributed by atoms with Gasteiger partial charge in [0.1, 0.15) is 0 Å². The molecule has 1 aliphatic carbocycles. The third-order valence-electron chi connectivity index (χ3n) is 11.3. The maximum Gasteiger partial charge on any atom is 0.160 e. The minimum Gasteiger partial charge on any atom is -0.232 e. The molecule has 1 heterocycles. The van der Waals surface area contributed by atoms with E-state index in [9.17, 15) is 10.5 Å². The molecule has 1 aliphatic rings. The molecule has 8 aromatic carbocycles. The van der Waals surface area contributed by atoms with Gasteiger partial charge in [-0.15, -0.1) is 0 Å². The van der Waals surface area contributed by atoms with Crippen LogP contribution in [0.5, 0.6) is 0 Å². The van der Waals surface area contributed by atoms with E-state index in [4.69, 9.17) is 9.97 Å². The molecule has 0 N–H and O–H groups in total. The number of fused-ring (bicyclic) bond motifs is 3. The number of benzene rings is 8. The highest BCUT2D eigenvalue weighted by Crippen LogP contribution is 2.41. The highest BCUT2D eigenvalue weighted by molar-refractivity contribution is 6.02. The molecule has 1 aromatic heterocycles. The predicted octanol–water partition coefficient (Wildman–Crippen LogP) is 13.5. The Bertz CT molecular complexity index is 3200. The molecule has 0 radical (unpaired) electrons. The first-order valence-corrected chi connectivity index (χ1v) is 19.4. The fourth-order valence-corrected chi connectivity index (χ4v) is 8.10. The smallest absolute Gasteiger partial charge is 0.160 e. The molecule has 4 heteroatoms. The van der Waals surface area contributed by atoms with Crippen LogP contribution in [0.3, 0.4) is 0 Å². The quantitative estimate of drug-likeness (QED) is 0.170. The lowest BCUT2D eigenvalue weighted by molar-refractivity contribution is 0.825. The van der Waals surface area contributed by atoms with Crippen molar-refractivity contribution in [3.05, 3.63) is 210 Å². The average Bonchev–Trinajstić information content (AvgIpc) is 3.30. The summed E-state index contributed by atoms with van der Waals surface area (Å²) < 4.78 is 0. The molecule has 58 heavy (non-hydrogen) atoms. The summed E-state index contributed by atoms with van der Waals surface area (Å²) in [4.78, 5) is 10.9. The number of allylic oxidation sites excluding steroid dienone is 4. The second kappa shape index (κ2) is 14.6. The monoisotopic (exact) mass is 738 g/mol. The van der Waals surface area contributed by atoms with Crippen molar-refractivity contribution in [1.29, 1.82) is 10.5 Å². The van der Waals surface area contributed by atoms with Crippen molar-refractivity contribution < 1.29 is 0 Å². The van der Waals surface area contributed by atoms with Gasteiger partial charge in [0.25, 0.3) is 0 Å². The van der Waals surface area contributed by atoms with Crippen LogP contribution in [0.1, 0.15) is 34.7 Å². The van der Waals surface area contributed by atoms with Crippen LogP contribution in [0.4, 0.5) is 0 Å². The third-order valence-corrected chi connectivity index (χ3v) is 11.3. The second-order valence-corrected chi connectivity index (χ2v) is 14.8. The van der Waals surface area contributed by atoms with E-state index in [1.807, 2.05) is 48.5 Å². The zero-order valence-electron chi connectivity index (χ0n) is 31.5. The Morgan fingerprint density at radius 2 is 1.00 bits per heavy atom. The van der Waals surface area contributed by atoms with Gasteiger partial charge in [0.15, 0.2) is 5.82 Å². The highest BCUT2D eigenvalue weighted by atomic mass is 14.9. The number of hydrogen-bond acceptors (Lipinski definition) is 4. The topological polar surface area (TPSA) is 73.4 Å². The summed E-state index contributed by atoms with van der Waals surface area (Å²) in [5.41, 5.74) is 12.8. The van der Waals surface area contributed by atoms with Gasteiger partial charge in [-0.2, -0.15) is 10.5 Å². The van der Waals surface area contributed by atoms with E-state index in [0.717, 1.165) is 73.1 Å². The molecule has 0 bridgehead atoms. The van der Waals surface area contributed by atoms with Crippen molar-refractivity contribution in [2.45, 2.75) is 12.3 Å². The normalized spacial score (nSPS) is 13.6. The van der Waals surface area contributed by atoms with E-state index < -0.39 is 0 Å². The van der Waals surface area contributed by atoms with Gasteiger partial charge in [-0.3, -0.25) is 0 Å². The summed E-state index contributed by atoms with van der Waals surface area (Å²) in [5, 5.41) is 24.4. The number of nitrogens with zero attached hydrogens (tertiary/aromatic N) is 4. The third kappa shape index (κ3) is 6.50. The van der Waals surface area contributed by atoms with Crippen molar-refractivity contribution in [3.8, 4) is 56.9 Å². The molecule has 4 nitrogen and oxygen atoms in total. The summed E-state index contributed by atoms with van der Waals surface area (Å²) in [5.74, 6) is 0.672. The average molecular weight is 739 g/mol. The molecule has 270 valence electrons. The van der Waals surface area contributed by atoms with Crippen molar-refractivity contribution in [3.63, 3.8) is 0 Å². The zero-order valence-corrected chi connectivity index (χ0v) is 31.5. The molecule has 0 fully saturated rings. The zero-order chi connectivity index (χ0) is 39.0. The van der Waals surface area contributed by atoms with Crippen LogP contribution in [-0.4, -0.2) is 9.97 Å². The van der Waals surface area contributed by atoms with Gasteiger partial charge in [-0.25, -0.2) is 9.97 Å². The lowest BCUT2D eigenvalue weighted by atomic mass is 9.87. The molecular weight excluding hydrogens is 705 g/mol. The van der Waals surface area contributed by atoms with Crippen molar-refractivity contribution in [2.75, 3.05) is 0 Å². The van der Waals surface area contributed by atoms with E-state index in [2.05, 4.69) is 152 Å². The van der Waals surface area contributed by atoms with Crippen LogP contribution in [0.2, 0.25) is 0 Å². The van der Waals surface area contributed by atoms with E-state index in [0.29, 0.717) is 17.0 Å². The molecule has 0 saturated heterocycles. The standard InChI is InChI=1S/C54H34N4/c55-33-35-9-13-39(14-10-35)41-17-23-43(24-18-41)52-51-32-49(47-27-21-37-5-1-3-7-45(37)29-47)31-50(48-28-22-38-6-2-4-8-46(38)30-48)53(51)58-54(57-52)44-25-19-42(20-26-44)40-15-11-36(34-56)12-16-40/h1-23,25-32,43H,24H2. The molecule has 1 atom stereocenters. The Morgan fingerprint density at radius 3 is 1.60 bits per heavy atom. The van der Waals surface area contributed by atoms with E-state index in [1.54, 1.807) is 0 Å². The highest BCUT2D eigenvalue weighted by Gasteiger charge is 2.22. The predicted molar refractivity (Wildman–Crippen MR) is 237 cm³/mol. The van der Waals surface area contributed by atoms with E-state index in [-0.39, 0.29) is 5.92 Å². The fourth-order valence-electron chi connectivity index (χ4n) is 8.10. The second-order valence-electron chi connectivity index (χ2n) is 14.8. The van der Waals surface area contributed by atoms with E-state index in [1.165, 1.54) is 21.5 Å². The van der Waals surface area contributed by atoms with Crippen LogP contribution >= 0.6 is 0 Å². The maximum absolute atomic E-state index is 9.35. The SMILES string of the molecule is N#Cc1ccc(C2=CCC(c3nc(-c4ccc(-c5ccc(C#N)cc5)cc4)nc4c(-c5ccc6ccccc6c5)cc(-c5ccc6ccccc6c5)cc34)C=C2)cc1. The lowest BCUT2D eigenvalue weighted by Gasteiger charge is -2.21. The maximum atomic E-state index is 9.35. The van der Waals surface area contributed by atoms with Gasteiger partial charge in [0.2, 0.25) is 0 Å². The Balaban J connectivity index is 1.17. The molecule has 10 rings (SSSR count). The van der Waals surface area contributed by atoms with Crippen LogP contribution in [-0.2, 0) is 0 Å². The molecule has 1 unspecified atom stereocenters. The fraction of sp³-hybridized carbons (Fsp3) is 0.0370. The first-order chi connectivity index (χ1) is 28.6. The Labute approximate surface area is 337 Å². The minimum atomic E-state index is 0.000566. The minimum absolute atomic E-state index is 0.000566. The number of nitriles is 2. The molecule has 0 aliphatic heterocycles. The molecule has 0 saturated carbocycles. The summed E-state index contributed by atoms with van der Waals surface area (Å²) in [6, 6.07) is 63.2. The Kier molecular flexibility index (Phi) is 8.71. The van der Waals surface area contributed by atoms with Gasteiger partial charge >= 0.3 is 0 Å². The number of aromatic nitrogens is 2.